The predicted octanol–water partition coefficient (Wildman–Crippen LogP) is 3.17. The van der Waals surface area contributed by atoms with Gasteiger partial charge in [-0.25, -0.2) is 0 Å². The van der Waals surface area contributed by atoms with Crippen LogP contribution in [-0.2, 0) is 4.79 Å². The number of benzene rings is 1. The number of rotatable bonds is 3. The van der Waals surface area contributed by atoms with Crippen molar-refractivity contribution < 1.29 is 9.59 Å². The average Bonchev–Trinajstić information content (AvgIpc) is 3.12. The topological polar surface area (TPSA) is 43.9 Å². The minimum atomic E-state index is -0.00154. The van der Waals surface area contributed by atoms with Crippen molar-refractivity contribution in [2.45, 2.75) is 33.1 Å². The Morgan fingerprint density at radius 2 is 1.54 bits per heavy atom. The van der Waals surface area contributed by atoms with Crippen LogP contribution in [0.4, 0.5) is 5.69 Å². The molecule has 4 rings (SSSR count). The molecule has 5 heteroatoms. The van der Waals surface area contributed by atoms with Gasteiger partial charge in [-0.1, -0.05) is 20.4 Å². The van der Waals surface area contributed by atoms with Crippen LogP contribution < -0.4 is 4.90 Å². The minimum absolute atomic E-state index is 0.00154. The Balaban J connectivity index is 1.33. The maximum absolute atomic E-state index is 12.8. The minimum Gasteiger partial charge on any atom is -0.371 e. The summed E-state index contributed by atoms with van der Waals surface area (Å²) in [5.41, 5.74) is 2.50. The molecular weight excluding hydrogens is 350 g/mol. The standard InChI is InChI=1S/C23H31N3O2/c1-4-20(27)25-14-11-23(15-25)16-26(17-23)21(28)18-5-7-19(8-6-18)24-12-9-22(2,3)10-13-24/h4-8H,1,9-17H2,2-3H3. The van der Waals surface area contributed by atoms with Crippen LogP contribution in [0.5, 0.6) is 0 Å². The summed E-state index contributed by atoms with van der Waals surface area (Å²) >= 11 is 0. The Kier molecular flexibility index (Phi) is 4.72. The lowest BCUT2D eigenvalue weighted by Crippen LogP contribution is -2.59. The zero-order valence-electron chi connectivity index (χ0n) is 17.1. The van der Waals surface area contributed by atoms with Gasteiger partial charge in [-0.15, -0.1) is 0 Å². The van der Waals surface area contributed by atoms with Crippen LogP contribution in [0, 0.1) is 10.8 Å². The van der Waals surface area contributed by atoms with E-state index < -0.39 is 0 Å². The van der Waals surface area contributed by atoms with Crippen molar-refractivity contribution >= 4 is 17.5 Å². The van der Waals surface area contributed by atoms with Gasteiger partial charge in [-0.05, 0) is 55.0 Å². The van der Waals surface area contributed by atoms with E-state index in [1.54, 1.807) is 0 Å². The third kappa shape index (κ3) is 3.54. The van der Waals surface area contributed by atoms with E-state index in [2.05, 4.69) is 37.5 Å². The van der Waals surface area contributed by atoms with Gasteiger partial charge in [-0.2, -0.15) is 0 Å². The highest BCUT2D eigenvalue weighted by Gasteiger charge is 2.50. The number of carbonyl (C=O) groups excluding carboxylic acids is 2. The summed E-state index contributed by atoms with van der Waals surface area (Å²) in [5, 5.41) is 0. The molecule has 0 saturated carbocycles. The van der Waals surface area contributed by atoms with E-state index in [-0.39, 0.29) is 17.2 Å². The molecule has 3 aliphatic heterocycles. The molecule has 0 radical (unpaired) electrons. The summed E-state index contributed by atoms with van der Waals surface area (Å²) in [4.78, 5) is 30.8. The molecule has 3 aliphatic rings. The number of piperidine rings is 1. The van der Waals surface area contributed by atoms with E-state index >= 15 is 0 Å². The fourth-order valence-corrected chi connectivity index (χ4v) is 4.79. The summed E-state index contributed by atoms with van der Waals surface area (Å²) in [7, 11) is 0. The molecule has 5 nitrogen and oxygen atoms in total. The van der Waals surface area contributed by atoms with Gasteiger partial charge in [-0.3, -0.25) is 9.59 Å². The Morgan fingerprint density at radius 1 is 0.929 bits per heavy atom. The van der Waals surface area contributed by atoms with Gasteiger partial charge in [0.15, 0.2) is 0 Å². The first-order valence-electron chi connectivity index (χ1n) is 10.4. The number of hydrogen-bond donors (Lipinski definition) is 0. The number of carbonyl (C=O) groups is 2. The maximum atomic E-state index is 12.8. The number of nitrogens with zero attached hydrogens (tertiary/aromatic N) is 3. The molecule has 3 fully saturated rings. The molecule has 2 amide bonds. The van der Waals surface area contributed by atoms with E-state index in [0.29, 0.717) is 5.41 Å². The van der Waals surface area contributed by atoms with Crippen molar-refractivity contribution in [3.63, 3.8) is 0 Å². The Morgan fingerprint density at radius 3 is 2.14 bits per heavy atom. The monoisotopic (exact) mass is 381 g/mol. The quantitative estimate of drug-likeness (QED) is 0.756. The van der Waals surface area contributed by atoms with Crippen LogP contribution in [0.2, 0.25) is 0 Å². The van der Waals surface area contributed by atoms with E-state index in [4.69, 9.17) is 0 Å². The number of hydrogen-bond acceptors (Lipinski definition) is 3. The number of amides is 2. The molecule has 0 atom stereocenters. The van der Waals surface area contributed by atoms with E-state index in [1.807, 2.05) is 21.9 Å². The summed E-state index contributed by atoms with van der Waals surface area (Å²) in [6.07, 6.45) is 4.76. The SMILES string of the molecule is C=CC(=O)N1CCC2(C1)CN(C(=O)c1ccc(N3CCC(C)(C)CC3)cc1)C2. The second kappa shape index (κ2) is 6.94. The van der Waals surface area contributed by atoms with Gasteiger partial charge in [0.05, 0.1) is 0 Å². The summed E-state index contributed by atoms with van der Waals surface area (Å²) in [6, 6.07) is 8.09. The highest BCUT2D eigenvalue weighted by molar-refractivity contribution is 5.95. The van der Waals surface area contributed by atoms with Crippen molar-refractivity contribution in [3.05, 3.63) is 42.5 Å². The van der Waals surface area contributed by atoms with Crippen LogP contribution in [0.3, 0.4) is 0 Å². The first kappa shape index (κ1) is 19.0. The van der Waals surface area contributed by atoms with Crippen molar-refractivity contribution in [2.75, 3.05) is 44.2 Å². The summed E-state index contributed by atoms with van der Waals surface area (Å²) in [5.74, 6) is 0.101. The predicted molar refractivity (Wildman–Crippen MR) is 111 cm³/mol. The van der Waals surface area contributed by atoms with Crippen LogP contribution in [-0.4, -0.2) is 60.9 Å². The smallest absolute Gasteiger partial charge is 0.253 e. The van der Waals surface area contributed by atoms with E-state index in [0.717, 1.165) is 51.3 Å². The normalized spacial score (nSPS) is 22.9. The van der Waals surface area contributed by atoms with E-state index in [1.165, 1.54) is 24.6 Å². The molecule has 3 saturated heterocycles. The van der Waals surface area contributed by atoms with Crippen LogP contribution >= 0.6 is 0 Å². The molecule has 1 aromatic carbocycles. The Hall–Kier alpha value is -2.30. The Labute approximate surface area is 168 Å². The summed E-state index contributed by atoms with van der Waals surface area (Å²) in [6.45, 7) is 13.4. The van der Waals surface area contributed by atoms with Gasteiger partial charge in [0, 0.05) is 55.9 Å². The molecular formula is C23H31N3O2. The fraction of sp³-hybridized carbons (Fsp3) is 0.565. The van der Waals surface area contributed by atoms with Crippen LogP contribution in [0.15, 0.2) is 36.9 Å². The van der Waals surface area contributed by atoms with Gasteiger partial charge < -0.3 is 14.7 Å². The fourth-order valence-electron chi connectivity index (χ4n) is 4.79. The molecule has 1 spiro atoms. The van der Waals surface area contributed by atoms with Crippen molar-refractivity contribution in [3.8, 4) is 0 Å². The van der Waals surface area contributed by atoms with E-state index in [9.17, 15) is 9.59 Å². The van der Waals surface area contributed by atoms with Crippen molar-refractivity contribution in [2.24, 2.45) is 10.8 Å². The Bertz CT molecular complexity index is 768. The van der Waals surface area contributed by atoms with Gasteiger partial charge >= 0.3 is 0 Å². The zero-order valence-corrected chi connectivity index (χ0v) is 17.1. The zero-order chi connectivity index (χ0) is 19.9. The molecule has 0 bridgehead atoms. The van der Waals surface area contributed by atoms with Gasteiger partial charge in [0.25, 0.3) is 5.91 Å². The van der Waals surface area contributed by atoms with Crippen LogP contribution in [0.25, 0.3) is 0 Å². The largest absolute Gasteiger partial charge is 0.371 e. The molecule has 0 unspecified atom stereocenters. The average molecular weight is 382 g/mol. The third-order valence-electron chi connectivity index (χ3n) is 6.86. The number of likely N-dealkylation sites (tertiary alicyclic amines) is 2. The highest BCUT2D eigenvalue weighted by atomic mass is 16.2. The third-order valence-corrected chi connectivity index (χ3v) is 6.86. The second-order valence-electron chi connectivity index (χ2n) is 9.57. The lowest BCUT2D eigenvalue weighted by atomic mass is 9.78. The molecule has 0 aromatic heterocycles. The lowest BCUT2D eigenvalue weighted by Gasteiger charge is -2.48. The summed E-state index contributed by atoms with van der Waals surface area (Å²) < 4.78 is 0. The first-order valence-corrected chi connectivity index (χ1v) is 10.4. The van der Waals surface area contributed by atoms with Gasteiger partial charge in [0.1, 0.15) is 0 Å². The molecule has 0 N–H and O–H groups in total. The molecule has 0 aliphatic carbocycles. The molecule has 1 aromatic rings. The van der Waals surface area contributed by atoms with Gasteiger partial charge in [0.2, 0.25) is 5.91 Å². The highest BCUT2D eigenvalue weighted by Crippen LogP contribution is 2.40. The number of anilines is 1. The first-order chi connectivity index (χ1) is 13.3. The maximum Gasteiger partial charge on any atom is 0.253 e. The second-order valence-corrected chi connectivity index (χ2v) is 9.57. The van der Waals surface area contributed by atoms with Crippen molar-refractivity contribution in [1.82, 2.24) is 9.80 Å². The van der Waals surface area contributed by atoms with Crippen LogP contribution in [0.1, 0.15) is 43.5 Å². The molecule has 3 heterocycles. The molecule has 28 heavy (non-hydrogen) atoms. The van der Waals surface area contributed by atoms with Crippen molar-refractivity contribution in [1.29, 1.82) is 0 Å². The molecule has 150 valence electrons. The lowest BCUT2D eigenvalue weighted by molar-refractivity contribution is -0.125.